The quantitative estimate of drug-likeness (QED) is 0.219. The van der Waals surface area contributed by atoms with Gasteiger partial charge >= 0.3 is 0 Å². The summed E-state index contributed by atoms with van der Waals surface area (Å²) in [6.45, 7) is 0. The van der Waals surface area contributed by atoms with E-state index in [0.717, 1.165) is 39.2 Å². The van der Waals surface area contributed by atoms with E-state index in [2.05, 4.69) is 150 Å². The van der Waals surface area contributed by atoms with Crippen LogP contribution in [0.3, 0.4) is 0 Å². The molecule has 42 heavy (non-hydrogen) atoms. The number of furan rings is 1. The normalized spacial score (nSPS) is 11.3. The molecule has 8 rings (SSSR count). The van der Waals surface area contributed by atoms with Gasteiger partial charge in [0.15, 0.2) is 0 Å². The van der Waals surface area contributed by atoms with E-state index in [1.807, 2.05) is 12.1 Å². The second kappa shape index (κ2) is 10.1. The minimum Gasteiger partial charge on any atom is -0.464 e. The highest BCUT2D eigenvalue weighted by Gasteiger charge is 2.12. The van der Waals surface area contributed by atoms with Crippen molar-refractivity contribution in [1.29, 1.82) is 0 Å². The fourth-order valence-corrected chi connectivity index (χ4v) is 6.21. The van der Waals surface area contributed by atoms with E-state index in [1.54, 1.807) is 6.26 Å². The van der Waals surface area contributed by atoms with E-state index in [-0.39, 0.29) is 0 Å². The van der Waals surface area contributed by atoms with Crippen molar-refractivity contribution in [2.75, 3.05) is 0 Å². The Kier molecular flexibility index (Phi) is 5.82. The number of aromatic nitrogens is 1. The first-order valence-corrected chi connectivity index (χ1v) is 14.3. The number of rotatable bonds is 3. The predicted octanol–water partition coefficient (Wildman–Crippen LogP) is 11.1. The lowest BCUT2D eigenvalue weighted by molar-refractivity contribution is 0.582. The predicted molar refractivity (Wildman–Crippen MR) is 177 cm³/mol. The van der Waals surface area contributed by atoms with Crippen LogP contribution >= 0.6 is 0 Å². The zero-order valence-corrected chi connectivity index (χ0v) is 22.9. The Labute approximate surface area is 244 Å². The van der Waals surface area contributed by atoms with Crippen molar-refractivity contribution >= 4 is 43.4 Å². The second-order valence-electron chi connectivity index (χ2n) is 10.6. The molecule has 0 fully saturated rings. The van der Waals surface area contributed by atoms with Gasteiger partial charge in [-0.25, -0.2) is 0 Å². The van der Waals surface area contributed by atoms with Gasteiger partial charge in [0.05, 0.1) is 17.3 Å². The van der Waals surface area contributed by atoms with E-state index < -0.39 is 0 Å². The summed E-state index contributed by atoms with van der Waals surface area (Å²) in [5.74, 6) is 0.867. The summed E-state index contributed by atoms with van der Waals surface area (Å²) in [5.41, 5.74) is 6.75. The van der Waals surface area contributed by atoms with Gasteiger partial charge in [0.1, 0.15) is 5.76 Å². The summed E-state index contributed by atoms with van der Waals surface area (Å²) in [6.07, 6.45) is 1.72. The van der Waals surface area contributed by atoms with E-state index in [0.29, 0.717) is 0 Å². The van der Waals surface area contributed by atoms with Gasteiger partial charge in [-0.15, -0.1) is 0 Å². The molecule has 8 aromatic rings. The van der Waals surface area contributed by atoms with Crippen LogP contribution in [-0.4, -0.2) is 4.57 Å². The van der Waals surface area contributed by atoms with Gasteiger partial charge in [0, 0.05) is 22.0 Å². The van der Waals surface area contributed by atoms with E-state index in [1.165, 1.54) is 32.3 Å². The Morgan fingerprint density at radius 3 is 1.62 bits per heavy atom. The van der Waals surface area contributed by atoms with Gasteiger partial charge < -0.3 is 8.98 Å². The third-order valence-electron chi connectivity index (χ3n) is 8.12. The Balaban J connectivity index is 1.60. The molecule has 0 aliphatic heterocycles. The first kappa shape index (κ1) is 24.2. The molecule has 0 saturated carbocycles. The van der Waals surface area contributed by atoms with Crippen molar-refractivity contribution < 1.29 is 4.42 Å². The number of benzene rings is 6. The highest BCUT2D eigenvalue weighted by molar-refractivity contribution is 6.19. The fraction of sp³-hybridized carbons (Fsp3) is 0. The van der Waals surface area contributed by atoms with Gasteiger partial charge in [-0.2, -0.15) is 0 Å². The lowest BCUT2D eigenvalue weighted by Gasteiger charge is -2.15. The Bertz CT molecular complexity index is 2290. The van der Waals surface area contributed by atoms with Crippen molar-refractivity contribution in [3.05, 3.63) is 164 Å². The zero-order valence-electron chi connectivity index (χ0n) is 22.9. The summed E-state index contributed by atoms with van der Waals surface area (Å²) in [5, 5.41) is 7.28. The average Bonchev–Trinajstić information content (AvgIpc) is 3.62. The molecule has 0 unspecified atom stereocenters. The maximum absolute atomic E-state index is 5.72. The molecule has 6 aromatic carbocycles. The molecule has 0 amide bonds. The van der Waals surface area contributed by atoms with E-state index in [4.69, 9.17) is 4.42 Å². The molecule has 0 radical (unpaired) electrons. The van der Waals surface area contributed by atoms with Crippen LogP contribution in [0.4, 0.5) is 0 Å². The first-order valence-electron chi connectivity index (χ1n) is 14.3. The maximum atomic E-state index is 5.72. The van der Waals surface area contributed by atoms with Crippen molar-refractivity contribution in [2.45, 2.75) is 0 Å². The molecule has 2 aromatic heterocycles. The summed E-state index contributed by atoms with van der Waals surface area (Å²) < 4.78 is 8.14. The summed E-state index contributed by atoms with van der Waals surface area (Å²) in [4.78, 5) is 0. The summed E-state index contributed by atoms with van der Waals surface area (Å²) in [7, 11) is 0. The standard InChI is InChI=1S/C40H27NO/c1-2-14-31(15-3-1)41-38-21-9-8-20-36(38)34-18-6-4-16-32(34)33-17-5-7-19-35(33)37-24-23-29(27-39(37)41)28-12-10-13-30(26-28)40-22-11-25-42-40/h1-27H. The molecule has 0 spiro atoms. The second-order valence-corrected chi connectivity index (χ2v) is 10.6. The van der Waals surface area contributed by atoms with Gasteiger partial charge in [0.25, 0.3) is 0 Å². The molecule has 0 saturated heterocycles. The van der Waals surface area contributed by atoms with Crippen LogP contribution < -0.4 is 0 Å². The van der Waals surface area contributed by atoms with Crippen LogP contribution in [0.15, 0.2) is 168 Å². The number of nitrogens with zero attached hydrogens (tertiary/aromatic N) is 1. The topological polar surface area (TPSA) is 18.1 Å². The third kappa shape index (κ3) is 4.05. The maximum Gasteiger partial charge on any atom is 0.133 e. The van der Waals surface area contributed by atoms with Crippen molar-refractivity contribution in [3.63, 3.8) is 0 Å². The fourth-order valence-electron chi connectivity index (χ4n) is 6.21. The van der Waals surface area contributed by atoms with Crippen LogP contribution in [-0.2, 0) is 0 Å². The minimum atomic E-state index is 0.867. The number of hydrogen-bond acceptors (Lipinski definition) is 1. The molecular formula is C40H27NO. The number of para-hydroxylation sites is 2. The van der Waals surface area contributed by atoms with Crippen molar-refractivity contribution in [1.82, 2.24) is 4.57 Å². The molecule has 198 valence electrons. The lowest BCUT2D eigenvalue weighted by atomic mass is 9.98. The van der Waals surface area contributed by atoms with Gasteiger partial charge in [-0.1, -0.05) is 115 Å². The van der Waals surface area contributed by atoms with Crippen LogP contribution in [0.25, 0.3) is 71.5 Å². The molecule has 0 bridgehead atoms. The molecule has 2 heterocycles. The highest BCUT2D eigenvalue weighted by Crippen LogP contribution is 2.36. The molecule has 2 heteroatoms. The minimum absolute atomic E-state index is 0.867. The lowest BCUT2D eigenvalue weighted by Crippen LogP contribution is -1.98. The van der Waals surface area contributed by atoms with Gasteiger partial charge in [-0.3, -0.25) is 0 Å². The van der Waals surface area contributed by atoms with Crippen LogP contribution in [0.2, 0.25) is 0 Å². The Morgan fingerprint density at radius 2 is 0.929 bits per heavy atom. The van der Waals surface area contributed by atoms with Crippen molar-refractivity contribution in [3.8, 4) is 28.1 Å². The molecule has 0 aliphatic carbocycles. The first-order chi connectivity index (χ1) is 20.8. The SMILES string of the molecule is c1ccc(-n2c3ccccc3c3ccccc3c3ccccc3c3ccc(-c4cccc(-c5ccco5)c4)cc32)cc1. The number of fused-ring (bicyclic) bond motifs is 7. The summed E-state index contributed by atoms with van der Waals surface area (Å²) in [6, 6.07) is 56.4. The smallest absolute Gasteiger partial charge is 0.133 e. The van der Waals surface area contributed by atoms with Crippen molar-refractivity contribution in [2.24, 2.45) is 0 Å². The van der Waals surface area contributed by atoms with Crippen LogP contribution in [0, 0.1) is 0 Å². The van der Waals surface area contributed by atoms with Gasteiger partial charge in [0.2, 0.25) is 0 Å². The van der Waals surface area contributed by atoms with Gasteiger partial charge in [-0.05, 0) is 75.1 Å². The molecule has 0 N–H and O–H groups in total. The highest BCUT2D eigenvalue weighted by atomic mass is 16.3. The van der Waals surface area contributed by atoms with E-state index >= 15 is 0 Å². The number of hydrogen-bond donors (Lipinski definition) is 0. The van der Waals surface area contributed by atoms with Crippen LogP contribution in [0.1, 0.15) is 0 Å². The molecule has 0 aliphatic rings. The monoisotopic (exact) mass is 537 g/mol. The zero-order chi connectivity index (χ0) is 27.9. The molecule has 2 nitrogen and oxygen atoms in total. The van der Waals surface area contributed by atoms with E-state index in [9.17, 15) is 0 Å². The molecule has 0 atom stereocenters. The Hall–Kier alpha value is -5.60. The summed E-state index contributed by atoms with van der Waals surface area (Å²) >= 11 is 0. The third-order valence-corrected chi connectivity index (χ3v) is 8.12. The average molecular weight is 538 g/mol. The Morgan fingerprint density at radius 1 is 0.357 bits per heavy atom. The molecular weight excluding hydrogens is 510 g/mol. The largest absolute Gasteiger partial charge is 0.464 e. The van der Waals surface area contributed by atoms with Crippen LogP contribution in [0.5, 0.6) is 0 Å².